The van der Waals surface area contributed by atoms with Crippen LogP contribution in [0.15, 0.2) is 12.3 Å². The summed E-state index contributed by atoms with van der Waals surface area (Å²) in [7, 11) is 2.08. The van der Waals surface area contributed by atoms with Crippen LogP contribution in [0.2, 0.25) is 0 Å². The van der Waals surface area contributed by atoms with Gasteiger partial charge in [0.05, 0.1) is 0 Å². The van der Waals surface area contributed by atoms with E-state index in [2.05, 4.69) is 41.1 Å². The second kappa shape index (κ2) is 7.87. The summed E-state index contributed by atoms with van der Waals surface area (Å²) in [5.74, 6) is 1.73. The van der Waals surface area contributed by atoms with Gasteiger partial charge < -0.3 is 10.2 Å². The van der Waals surface area contributed by atoms with E-state index in [1.165, 1.54) is 19.3 Å². The molecule has 96 valence electrons. The molecule has 1 rings (SSSR count). The summed E-state index contributed by atoms with van der Waals surface area (Å²) < 4.78 is 0. The molecule has 0 amide bonds. The summed E-state index contributed by atoms with van der Waals surface area (Å²) in [6.45, 7) is 6.36. The van der Waals surface area contributed by atoms with Gasteiger partial charge in [-0.15, -0.1) is 0 Å². The van der Waals surface area contributed by atoms with Gasteiger partial charge in [0.25, 0.3) is 0 Å². The van der Waals surface area contributed by atoms with Gasteiger partial charge in [0.2, 0.25) is 5.95 Å². The molecule has 0 unspecified atom stereocenters. The van der Waals surface area contributed by atoms with Gasteiger partial charge in [0.1, 0.15) is 5.82 Å². The van der Waals surface area contributed by atoms with Gasteiger partial charge in [0.15, 0.2) is 0 Å². The lowest BCUT2D eigenvalue weighted by molar-refractivity contribution is 0.757. The number of hydrogen-bond acceptors (Lipinski definition) is 4. The molecular formula is C13H24N4. The number of nitrogens with zero attached hydrogens (tertiary/aromatic N) is 3. The Balaban J connectivity index is 2.52. The third kappa shape index (κ3) is 5.02. The first-order valence-electron chi connectivity index (χ1n) is 6.56. The number of unbranched alkanes of at least 4 members (excludes halogenated alkanes) is 2. The fourth-order valence-corrected chi connectivity index (χ4v) is 1.53. The molecule has 1 aromatic rings. The minimum absolute atomic E-state index is 0.735. The molecule has 0 saturated heterocycles. The molecule has 4 heteroatoms. The third-order valence-electron chi connectivity index (χ3n) is 2.69. The fraction of sp³-hybridized carbons (Fsp3) is 0.692. The molecule has 1 N–H and O–H groups in total. The Labute approximate surface area is 104 Å². The van der Waals surface area contributed by atoms with Gasteiger partial charge in [-0.1, -0.05) is 26.7 Å². The molecule has 17 heavy (non-hydrogen) atoms. The van der Waals surface area contributed by atoms with Crippen molar-refractivity contribution in [3.63, 3.8) is 0 Å². The van der Waals surface area contributed by atoms with E-state index in [9.17, 15) is 0 Å². The molecule has 4 nitrogen and oxygen atoms in total. The zero-order valence-corrected chi connectivity index (χ0v) is 11.2. The number of rotatable bonds is 8. The van der Waals surface area contributed by atoms with Crippen molar-refractivity contribution < 1.29 is 0 Å². The Morgan fingerprint density at radius 1 is 1.24 bits per heavy atom. The van der Waals surface area contributed by atoms with E-state index in [1.807, 2.05) is 12.3 Å². The maximum absolute atomic E-state index is 4.50. The molecule has 0 aromatic carbocycles. The van der Waals surface area contributed by atoms with Gasteiger partial charge in [-0.3, -0.25) is 0 Å². The fourth-order valence-electron chi connectivity index (χ4n) is 1.53. The van der Waals surface area contributed by atoms with Crippen LogP contribution in [0.25, 0.3) is 0 Å². The topological polar surface area (TPSA) is 41.1 Å². The Hall–Kier alpha value is -1.32. The van der Waals surface area contributed by atoms with Crippen molar-refractivity contribution >= 4 is 11.8 Å². The number of hydrogen-bond donors (Lipinski definition) is 1. The summed E-state index contributed by atoms with van der Waals surface area (Å²) in [4.78, 5) is 10.9. The van der Waals surface area contributed by atoms with Crippen LogP contribution in [0.5, 0.6) is 0 Å². The first-order valence-corrected chi connectivity index (χ1v) is 6.56. The van der Waals surface area contributed by atoms with Crippen LogP contribution in [-0.4, -0.2) is 30.1 Å². The van der Waals surface area contributed by atoms with Gasteiger partial charge in [0, 0.05) is 26.3 Å². The lowest BCUT2D eigenvalue weighted by Gasteiger charge is -2.18. The molecule has 0 saturated carbocycles. The summed E-state index contributed by atoms with van der Waals surface area (Å²) in [5, 5.41) is 3.25. The predicted octanol–water partition coefficient (Wildman–Crippen LogP) is 2.92. The van der Waals surface area contributed by atoms with Crippen molar-refractivity contribution in [3.05, 3.63) is 12.3 Å². The maximum Gasteiger partial charge on any atom is 0.224 e. The summed E-state index contributed by atoms with van der Waals surface area (Å²) in [6.07, 6.45) is 6.55. The second-order valence-electron chi connectivity index (χ2n) is 4.29. The highest BCUT2D eigenvalue weighted by Gasteiger charge is 2.03. The van der Waals surface area contributed by atoms with Crippen LogP contribution in [0.1, 0.15) is 39.5 Å². The van der Waals surface area contributed by atoms with Crippen molar-refractivity contribution in [3.8, 4) is 0 Å². The van der Waals surface area contributed by atoms with Crippen molar-refractivity contribution in [2.75, 3.05) is 30.4 Å². The smallest absolute Gasteiger partial charge is 0.224 e. The molecule has 0 aliphatic heterocycles. The van der Waals surface area contributed by atoms with E-state index in [1.54, 1.807) is 0 Å². The molecule has 0 aliphatic rings. The zero-order chi connectivity index (χ0) is 12.5. The van der Waals surface area contributed by atoms with Gasteiger partial charge in [-0.25, -0.2) is 4.98 Å². The summed E-state index contributed by atoms with van der Waals surface area (Å²) in [6, 6.07) is 1.96. The minimum atomic E-state index is 0.735. The molecular weight excluding hydrogens is 212 g/mol. The lowest BCUT2D eigenvalue weighted by Crippen LogP contribution is -2.20. The number of anilines is 2. The van der Waals surface area contributed by atoms with Crippen LogP contribution in [0.3, 0.4) is 0 Å². The van der Waals surface area contributed by atoms with Gasteiger partial charge in [-0.2, -0.15) is 4.98 Å². The van der Waals surface area contributed by atoms with E-state index in [0.717, 1.165) is 31.3 Å². The van der Waals surface area contributed by atoms with Crippen LogP contribution in [-0.2, 0) is 0 Å². The van der Waals surface area contributed by atoms with Gasteiger partial charge >= 0.3 is 0 Å². The molecule has 0 spiro atoms. The van der Waals surface area contributed by atoms with Crippen LogP contribution in [0.4, 0.5) is 11.8 Å². The number of aromatic nitrogens is 2. The molecule has 1 aromatic heterocycles. The molecule has 0 fully saturated rings. The molecule has 0 atom stereocenters. The summed E-state index contributed by atoms with van der Waals surface area (Å²) >= 11 is 0. The van der Waals surface area contributed by atoms with Crippen molar-refractivity contribution in [2.24, 2.45) is 0 Å². The Bertz CT molecular complexity index is 314. The van der Waals surface area contributed by atoms with E-state index in [0.29, 0.717) is 0 Å². The standard InChI is InChI=1S/C13H24N4/c1-4-6-9-14-13-15-10-8-12(16-13)17(3)11-7-5-2/h8,10H,4-7,9,11H2,1-3H3,(H,14,15,16). The van der Waals surface area contributed by atoms with Crippen molar-refractivity contribution in [1.82, 2.24) is 9.97 Å². The Morgan fingerprint density at radius 3 is 2.71 bits per heavy atom. The Kier molecular flexibility index (Phi) is 6.37. The van der Waals surface area contributed by atoms with E-state index in [4.69, 9.17) is 0 Å². The van der Waals surface area contributed by atoms with Gasteiger partial charge in [-0.05, 0) is 18.9 Å². The summed E-state index contributed by atoms with van der Waals surface area (Å²) in [5.41, 5.74) is 0. The van der Waals surface area contributed by atoms with E-state index in [-0.39, 0.29) is 0 Å². The highest BCUT2D eigenvalue weighted by molar-refractivity contribution is 5.41. The predicted molar refractivity (Wildman–Crippen MR) is 73.6 cm³/mol. The zero-order valence-electron chi connectivity index (χ0n) is 11.2. The van der Waals surface area contributed by atoms with Crippen LogP contribution >= 0.6 is 0 Å². The average molecular weight is 236 g/mol. The van der Waals surface area contributed by atoms with Crippen LogP contribution < -0.4 is 10.2 Å². The first kappa shape index (κ1) is 13.7. The second-order valence-corrected chi connectivity index (χ2v) is 4.29. The SMILES string of the molecule is CCCCNc1nccc(N(C)CCCC)n1. The van der Waals surface area contributed by atoms with Crippen LogP contribution in [0, 0.1) is 0 Å². The van der Waals surface area contributed by atoms with Crippen molar-refractivity contribution in [2.45, 2.75) is 39.5 Å². The normalized spacial score (nSPS) is 10.3. The minimum Gasteiger partial charge on any atom is -0.360 e. The highest BCUT2D eigenvalue weighted by Crippen LogP contribution is 2.11. The van der Waals surface area contributed by atoms with Crippen molar-refractivity contribution in [1.29, 1.82) is 0 Å². The monoisotopic (exact) mass is 236 g/mol. The quantitative estimate of drug-likeness (QED) is 0.705. The first-order chi connectivity index (χ1) is 8.27. The molecule has 0 bridgehead atoms. The Morgan fingerprint density at radius 2 is 2.00 bits per heavy atom. The highest BCUT2D eigenvalue weighted by atomic mass is 15.2. The maximum atomic E-state index is 4.50. The van der Waals surface area contributed by atoms with E-state index >= 15 is 0 Å². The third-order valence-corrected chi connectivity index (χ3v) is 2.69. The largest absolute Gasteiger partial charge is 0.360 e. The number of nitrogens with one attached hydrogen (secondary N) is 1. The molecule has 1 heterocycles. The van der Waals surface area contributed by atoms with E-state index < -0.39 is 0 Å². The lowest BCUT2D eigenvalue weighted by atomic mass is 10.3. The molecule has 0 aliphatic carbocycles. The average Bonchev–Trinajstić information content (AvgIpc) is 2.36. The molecule has 0 radical (unpaired) electrons.